The second-order valence-electron chi connectivity index (χ2n) is 8.59. The van der Waals surface area contributed by atoms with Crippen LogP contribution in [0.2, 0.25) is 0 Å². The molecule has 2 N–H and O–H groups in total. The van der Waals surface area contributed by atoms with E-state index in [9.17, 15) is 24.6 Å². The van der Waals surface area contributed by atoms with Crippen LogP contribution in [0.15, 0.2) is 0 Å². The van der Waals surface area contributed by atoms with Gasteiger partial charge in [0.25, 0.3) is 0 Å². The molecule has 32 heavy (non-hydrogen) atoms. The molecule has 0 aliphatic rings. The fourth-order valence-corrected chi connectivity index (χ4v) is 3.58. The van der Waals surface area contributed by atoms with Gasteiger partial charge in [-0.3, -0.25) is 9.59 Å². The van der Waals surface area contributed by atoms with Crippen molar-refractivity contribution in [2.45, 2.75) is 128 Å². The van der Waals surface area contributed by atoms with E-state index < -0.39 is 36.4 Å². The maximum absolute atomic E-state index is 11.6. The van der Waals surface area contributed by atoms with E-state index in [1.807, 2.05) is 0 Å². The predicted octanol–water partition coefficient (Wildman–Crippen LogP) is 1.14. The van der Waals surface area contributed by atoms with Gasteiger partial charge in [-0.2, -0.15) is 0 Å². The first-order valence-corrected chi connectivity index (χ1v) is 12.1. The van der Waals surface area contributed by atoms with Gasteiger partial charge in [-0.25, -0.2) is 0 Å². The molecule has 0 heterocycles. The van der Waals surface area contributed by atoms with Crippen molar-refractivity contribution >= 4 is 17.9 Å². The largest absolute Gasteiger partial charge is 1.00 e. The molecule has 0 rings (SSSR count). The number of aliphatic hydroxyl groups is 1. The second kappa shape index (κ2) is 22.2. The van der Waals surface area contributed by atoms with E-state index >= 15 is 0 Å². The fraction of sp³-hybridized carbons (Fsp3) is 0.875. The number of hydrogen-bond donors (Lipinski definition) is 2. The van der Waals surface area contributed by atoms with Gasteiger partial charge in [-0.05, 0) is 6.42 Å². The summed E-state index contributed by atoms with van der Waals surface area (Å²) in [6.45, 7) is 2.38. The number of unbranched alkanes of at least 4 members (excludes halogenated alkanes) is 15. The maximum atomic E-state index is 11.6. The van der Waals surface area contributed by atoms with Crippen molar-refractivity contribution in [1.29, 1.82) is 0 Å². The Balaban J connectivity index is 0. The summed E-state index contributed by atoms with van der Waals surface area (Å²) in [6.07, 6.45) is 17.7. The quantitative estimate of drug-likeness (QED) is 0.139. The minimum Gasteiger partial charge on any atom is -0.547 e. The molecule has 0 aliphatic carbocycles. The molecule has 0 aliphatic heterocycles. The Morgan fingerprint density at radius 2 is 1.09 bits per heavy atom. The number of rotatable bonds is 22. The minimum atomic E-state index is -2.74. The molecule has 0 saturated heterocycles. The summed E-state index contributed by atoms with van der Waals surface area (Å²) in [5.41, 5.74) is -2.74. The molecule has 0 amide bonds. The van der Waals surface area contributed by atoms with Gasteiger partial charge in [0.1, 0.15) is 5.60 Å². The zero-order chi connectivity index (χ0) is 23.4. The molecule has 0 aromatic heterocycles. The molecule has 7 nitrogen and oxygen atoms in total. The summed E-state index contributed by atoms with van der Waals surface area (Å²) in [7, 11) is 0. The van der Waals surface area contributed by atoms with E-state index in [2.05, 4.69) is 6.92 Å². The van der Waals surface area contributed by atoms with Gasteiger partial charge in [0.2, 0.25) is 0 Å². The van der Waals surface area contributed by atoms with E-state index in [1.54, 1.807) is 0 Å². The van der Waals surface area contributed by atoms with Crippen molar-refractivity contribution in [2.24, 2.45) is 0 Å². The average Bonchev–Trinajstić information content (AvgIpc) is 2.69. The van der Waals surface area contributed by atoms with Crippen LogP contribution in [0.5, 0.6) is 0 Å². The summed E-state index contributed by atoms with van der Waals surface area (Å²) in [5.74, 6) is -4.46. The Kier molecular flexibility index (Phi) is 23.2. The maximum Gasteiger partial charge on any atom is 1.00 e. The number of carbonyl (C=O) groups excluding carboxylic acids is 2. The number of ether oxygens (including phenoxy) is 1. The molecular weight excluding hydrogens is 423 g/mol. The van der Waals surface area contributed by atoms with Gasteiger partial charge in [0.05, 0.1) is 25.4 Å². The van der Waals surface area contributed by atoms with Gasteiger partial charge >= 0.3 is 41.5 Å². The van der Waals surface area contributed by atoms with Crippen LogP contribution < -0.4 is 34.7 Å². The molecule has 0 aromatic rings. The predicted molar refractivity (Wildman–Crippen MR) is 117 cm³/mol. The zero-order valence-electron chi connectivity index (χ0n) is 20.4. The third-order valence-corrected chi connectivity index (χ3v) is 5.52. The number of aliphatic carboxylic acids is 2. The summed E-state index contributed by atoms with van der Waals surface area (Å²) < 4.78 is 4.91. The molecule has 0 saturated carbocycles. The molecule has 8 heteroatoms. The van der Waals surface area contributed by atoms with Crippen molar-refractivity contribution in [1.82, 2.24) is 0 Å². The van der Waals surface area contributed by atoms with E-state index in [0.29, 0.717) is 6.42 Å². The number of hydrogen-bond acceptors (Lipinski definition) is 6. The average molecular weight is 467 g/mol. The molecule has 0 bridgehead atoms. The third-order valence-electron chi connectivity index (χ3n) is 5.52. The Hall–Kier alpha value is -0.630. The van der Waals surface area contributed by atoms with Crippen molar-refractivity contribution in [3.05, 3.63) is 0 Å². The van der Waals surface area contributed by atoms with Crippen LogP contribution in [0.25, 0.3) is 0 Å². The standard InChI is InChI=1S/C24H44O7.Na/c1-2-3-4-5-6-7-8-9-10-11-12-13-14-15-16-17-18-31-22(27)20-24(30,23(28)29)19-21(25)26;/h30H,2-20H2,1H3,(H,25,26)(H,28,29);/q;+1/p-1. The first kappa shape index (κ1) is 33.5. The van der Waals surface area contributed by atoms with Gasteiger partial charge in [-0.1, -0.05) is 103 Å². The zero-order valence-corrected chi connectivity index (χ0v) is 22.4. The second-order valence-corrected chi connectivity index (χ2v) is 8.59. The Labute approximate surface area is 216 Å². The summed E-state index contributed by atoms with van der Waals surface area (Å²) >= 11 is 0. The first-order valence-electron chi connectivity index (χ1n) is 12.1. The molecular formula is C24H43NaO7. The van der Waals surface area contributed by atoms with Crippen molar-refractivity contribution in [2.75, 3.05) is 6.61 Å². The fourth-order valence-electron chi connectivity index (χ4n) is 3.58. The van der Waals surface area contributed by atoms with Crippen LogP contribution in [0.4, 0.5) is 0 Å². The first-order chi connectivity index (χ1) is 14.8. The van der Waals surface area contributed by atoms with Crippen molar-refractivity contribution in [3.8, 4) is 0 Å². The van der Waals surface area contributed by atoms with Crippen LogP contribution in [-0.2, 0) is 19.1 Å². The van der Waals surface area contributed by atoms with Gasteiger partial charge in [0, 0.05) is 0 Å². The molecule has 1 atom stereocenters. The van der Waals surface area contributed by atoms with E-state index in [4.69, 9.17) is 9.84 Å². The summed E-state index contributed by atoms with van der Waals surface area (Å²) in [6, 6.07) is 0. The van der Waals surface area contributed by atoms with Gasteiger partial charge in [0.15, 0.2) is 0 Å². The van der Waals surface area contributed by atoms with Crippen LogP contribution in [0.1, 0.15) is 122 Å². The molecule has 0 fully saturated rings. The van der Waals surface area contributed by atoms with Crippen LogP contribution in [0, 0.1) is 0 Å². The normalized spacial score (nSPS) is 12.6. The molecule has 0 spiro atoms. The smallest absolute Gasteiger partial charge is 0.547 e. The van der Waals surface area contributed by atoms with Crippen molar-refractivity contribution < 1.29 is 64.0 Å². The van der Waals surface area contributed by atoms with E-state index in [-0.39, 0.29) is 36.2 Å². The van der Waals surface area contributed by atoms with Crippen LogP contribution in [0.3, 0.4) is 0 Å². The minimum absolute atomic E-state index is 0. The number of carboxylic acid groups (broad SMARTS) is 2. The topological polar surface area (TPSA) is 124 Å². The molecule has 0 aromatic carbocycles. The van der Waals surface area contributed by atoms with Gasteiger partial charge < -0.3 is 24.9 Å². The summed E-state index contributed by atoms with van der Waals surface area (Å²) in [4.78, 5) is 33.2. The Morgan fingerprint density at radius 3 is 1.44 bits per heavy atom. The molecule has 0 radical (unpaired) electrons. The number of carbonyl (C=O) groups is 3. The third kappa shape index (κ3) is 20.0. The Morgan fingerprint density at radius 1 is 0.719 bits per heavy atom. The number of esters is 1. The van der Waals surface area contributed by atoms with Crippen molar-refractivity contribution in [3.63, 3.8) is 0 Å². The summed E-state index contributed by atoms with van der Waals surface area (Å²) in [5, 5.41) is 29.3. The van der Waals surface area contributed by atoms with Crippen LogP contribution >= 0.6 is 0 Å². The number of carboxylic acids is 2. The SMILES string of the molecule is CCCCCCCCCCCCCCCCCCOC(=O)CC(O)(CC(=O)O)C(=O)[O-].[Na+]. The molecule has 182 valence electrons. The molecule has 1 unspecified atom stereocenters. The van der Waals surface area contributed by atoms with E-state index in [0.717, 1.165) is 19.3 Å². The van der Waals surface area contributed by atoms with Gasteiger partial charge in [-0.15, -0.1) is 0 Å². The Bertz CT molecular complexity index is 499. The van der Waals surface area contributed by atoms with Crippen LogP contribution in [-0.4, -0.2) is 40.3 Å². The van der Waals surface area contributed by atoms with E-state index in [1.165, 1.54) is 77.0 Å². The monoisotopic (exact) mass is 466 g/mol.